The molecule has 5 atom stereocenters. The minimum Gasteiger partial charge on any atom is -0.369 e. The highest BCUT2D eigenvalue weighted by molar-refractivity contribution is 5.78. The Bertz CT molecular complexity index is 407. The SMILES string of the molecule is CCC(CN1C(=O)NC(O)C1O)N1C(=O)NC(O)C1O. The average molecular weight is 290 g/mol. The van der Waals surface area contributed by atoms with E-state index in [-0.39, 0.29) is 6.54 Å². The third-order valence-corrected chi connectivity index (χ3v) is 3.48. The summed E-state index contributed by atoms with van der Waals surface area (Å²) in [6.45, 7) is 1.64. The fraction of sp³-hybridized carbons (Fsp3) is 0.800. The van der Waals surface area contributed by atoms with Crippen molar-refractivity contribution in [2.75, 3.05) is 6.54 Å². The molecule has 0 aromatic rings. The number of nitrogens with zero attached hydrogens (tertiary/aromatic N) is 2. The van der Waals surface area contributed by atoms with Gasteiger partial charge in [0.1, 0.15) is 0 Å². The zero-order chi connectivity index (χ0) is 15.0. The minimum atomic E-state index is -1.43. The molecule has 114 valence electrons. The van der Waals surface area contributed by atoms with E-state index < -0.39 is 43.0 Å². The fourth-order valence-electron chi connectivity index (χ4n) is 2.34. The van der Waals surface area contributed by atoms with Gasteiger partial charge in [-0.1, -0.05) is 6.92 Å². The molecule has 0 radical (unpaired) electrons. The van der Waals surface area contributed by atoms with Gasteiger partial charge in [-0.15, -0.1) is 0 Å². The Hall–Kier alpha value is -1.62. The minimum absolute atomic E-state index is 0.0856. The maximum Gasteiger partial charge on any atom is 0.322 e. The predicted octanol–water partition coefficient (Wildman–Crippen LogP) is -2.91. The molecule has 10 heteroatoms. The number of aliphatic hydroxyl groups excluding tert-OH is 4. The standard InChI is InChI=1S/C10H18N4O6/c1-2-4(14-8(18)6(16)12-10(14)20)3-13-7(17)5(15)11-9(13)19/h4-8,15-18H,2-3H2,1H3,(H,11,19)(H,12,20). The quantitative estimate of drug-likeness (QED) is 0.327. The van der Waals surface area contributed by atoms with Crippen molar-refractivity contribution in [3.05, 3.63) is 0 Å². The van der Waals surface area contributed by atoms with Gasteiger partial charge < -0.3 is 31.1 Å². The first-order chi connectivity index (χ1) is 9.36. The molecule has 0 aromatic heterocycles. The Morgan fingerprint density at radius 3 is 2.00 bits per heavy atom. The number of carbonyl (C=O) groups is 2. The molecule has 2 saturated heterocycles. The van der Waals surface area contributed by atoms with Crippen LogP contribution in [0.2, 0.25) is 0 Å². The van der Waals surface area contributed by atoms with Crippen molar-refractivity contribution in [2.24, 2.45) is 0 Å². The second-order valence-corrected chi connectivity index (χ2v) is 4.74. The Balaban J connectivity index is 2.10. The van der Waals surface area contributed by atoms with E-state index in [0.29, 0.717) is 6.42 Å². The number of aliphatic hydroxyl groups is 4. The van der Waals surface area contributed by atoms with Crippen LogP contribution < -0.4 is 10.6 Å². The van der Waals surface area contributed by atoms with E-state index >= 15 is 0 Å². The lowest BCUT2D eigenvalue weighted by atomic mass is 10.1. The van der Waals surface area contributed by atoms with Gasteiger partial charge >= 0.3 is 12.1 Å². The van der Waals surface area contributed by atoms with E-state index in [1.54, 1.807) is 6.92 Å². The maximum absolute atomic E-state index is 11.7. The molecule has 0 saturated carbocycles. The molecule has 2 rings (SSSR count). The first kappa shape index (κ1) is 14.8. The molecule has 4 amide bonds. The van der Waals surface area contributed by atoms with Crippen molar-refractivity contribution < 1.29 is 30.0 Å². The van der Waals surface area contributed by atoms with Crippen LogP contribution in [0.3, 0.4) is 0 Å². The molecule has 0 aliphatic carbocycles. The molecular formula is C10H18N4O6. The average Bonchev–Trinajstić information content (AvgIpc) is 2.77. The molecule has 2 heterocycles. The third-order valence-electron chi connectivity index (χ3n) is 3.48. The first-order valence-corrected chi connectivity index (χ1v) is 6.25. The number of hydrogen-bond acceptors (Lipinski definition) is 6. The van der Waals surface area contributed by atoms with Gasteiger partial charge in [0.05, 0.1) is 6.04 Å². The van der Waals surface area contributed by atoms with Gasteiger partial charge in [-0.3, -0.25) is 9.80 Å². The van der Waals surface area contributed by atoms with E-state index in [0.717, 1.165) is 9.80 Å². The van der Waals surface area contributed by atoms with Crippen LogP contribution in [-0.4, -0.2) is 79.8 Å². The lowest BCUT2D eigenvalue weighted by Crippen LogP contribution is -2.51. The van der Waals surface area contributed by atoms with Crippen LogP contribution in [0.5, 0.6) is 0 Å². The molecule has 5 unspecified atom stereocenters. The number of urea groups is 2. The molecule has 10 nitrogen and oxygen atoms in total. The fourth-order valence-corrected chi connectivity index (χ4v) is 2.34. The van der Waals surface area contributed by atoms with Gasteiger partial charge in [0.15, 0.2) is 24.9 Å². The number of rotatable bonds is 4. The molecule has 0 spiro atoms. The third kappa shape index (κ3) is 2.38. The smallest absolute Gasteiger partial charge is 0.322 e. The summed E-state index contributed by atoms with van der Waals surface area (Å²) < 4.78 is 0. The second kappa shape index (κ2) is 5.40. The van der Waals surface area contributed by atoms with E-state index in [2.05, 4.69) is 10.6 Å². The maximum atomic E-state index is 11.7. The molecule has 0 bridgehead atoms. The lowest BCUT2D eigenvalue weighted by Gasteiger charge is -2.32. The van der Waals surface area contributed by atoms with Crippen molar-refractivity contribution >= 4 is 12.1 Å². The predicted molar refractivity (Wildman–Crippen MR) is 63.7 cm³/mol. The van der Waals surface area contributed by atoms with Crippen LogP contribution in [0.15, 0.2) is 0 Å². The summed E-state index contributed by atoms with van der Waals surface area (Å²) in [5.41, 5.74) is 0. The van der Waals surface area contributed by atoms with Gasteiger partial charge in [0.25, 0.3) is 0 Å². The first-order valence-electron chi connectivity index (χ1n) is 6.25. The highest BCUT2D eigenvalue weighted by atomic mass is 16.4. The van der Waals surface area contributed by atoms with Crippen molar-refractivity contribution in [1.29, 1.82) is 0 Å². The van der Waals surface area contributed by atoms with Gasteiger partial charge in [-0.25, -0.2) is 9.59 Å². The Morgan fingerprint density at radius 2 is 1.60 bits per heavy atom. The van der Waals surface area contributed by atoms with Crippen LogP contribution in [-0.2, 0) is 0 Å². The molecule has 2 aliphatic heterocycles. The highest BCUT2D eigenvalue weighted by Gasteiger charge is 2.44. The summed E-state index contributed by atoms with van der Waals surface area (Å²) in [5, 5.41) is 42.4. The zero-order valence-corrected chi connectivity index (χ0v) is 10.8. The van der Waals surface area contributed by atoms with Gasteiger partial charge in [0, 0.05) is 6.54 Å². The van der Waals surface area contributed by atoms with Crippen LogP contribution >= 0.6 is 0 Å². The van der Waals surface area contributed by atoms with E-state index in [4.69, 9.17) is 0 Å². The highest BCUT2D eigenvalue weighted by Crippen LogP contribution is 2.19. The Labute approximate surface area is 114 Å². The number of amides is 4. The number of carbonyl (C=O) groups excluding carboxylic acids is 2. The van der Waals surface area contributed by atoms with Gasteiger partial charge in [0.2, 0.25) is 0 Å². The summed E-state index contributed by atoms with van der Waals surface area (Å²) in [7, 11) is 0. The molecule has 20 heavy (non-hydrogen) atoms. The summed E-state index contributed by atoms with van der Waals surface area (Å²) in [5.74, 6) is 0. The van der Waals surface area contributed by atoms with Crippen LogP contribution in [0.1, 0.15) is 13.3 Å². The van der Waals surface area contributed by atoms with Crippen molar-refractivity contribution in [3.63, 3.8) is 0 Å². The van der Waals surface area contributed by atoms with E-state index in [9.17, 15) is 30.0 Å². The monoisotopic (exact) mass is 290 g/mol. The second-order valence-electron chi connectivity index (χ2n) is 4.74. The normalized spacial score (nSPS) is 35.2. The summed E-state index contributed by atoms with van der Waals surface area (Å²) in [4.78, 5) is 25.2. The summed E-state index contributed by atoms with van der Waals surface area (Å²) >= 11 is 0. The Morgan fingerprint density at radius 1 is 1.05 bits per heavy atom. The molecule has 6 N–H and O–H groups in total. The molecule has 0 aromatic carbocycles. The van der Waals surface area contributed by atoms with Crippen LogP contribution in [0.25, 0.3) is 0 Å². The number of nitrogens with one attached hydrogen (secondary N) is 2. The molecule has 2 aliphatic rings. The molecular weight excluding hydrogens is 272 g/mol. The van der Waals surface area contributed by atoms with Crippen molar-refractivity contribution in [3.8, 4) is 0 Å². The largest absolute Gasteiger partial charge is 0.369 e. The van der Waals surface area contributed by atoms with E-state index in [1.165, 1.54) is 0 Å². The van der Waals surface area contributed by atoms with Crippen molar-refractivity contribution in [2.45, 2.75) is 44.3 Å². The zero-order valence-electron chi connectivity index (χ0n) is 10.8. The van der Waals surface area contributed by atoms with Crippen molar-refractivity contribution in [1.82, 2.24) is 20.4 Å². The Kier molecular flexibility index (Phi) is 3.99. The summed E-state index contributed by atoms with van der Waals surface area (Å²) in [6, 6.07) is -1.95. The topological polar surface area (TPSA) is 146 Å². The lowest BCUT2D eigenvalue weighted by molar-refractivity contribution is -0.0667. The summed E-state index contributed by atoms with van der Waals surface area (Å²) in [6.07, 6.45) is -5.28. The van der Waals surface area contributed by atoms with Crippen LogP contribution in [0.4, 0.5) is 9.59 Å². The number of hydrogen-bond donors (Lipinski definition) is 6. The van der Waals surface area contributed by atoms with Gasteiger partial charge in [-0.2, -0.15) is 0 Å². The molecule has 2 fully saturated rings. The van der Waals surface area contributed by atoms with E-state index in [1.807, 2.05) is 0 Å². The van der Waals surface area contributed by atoms with Gasteiger partial charge in [-0.05, 0) is 6.42 Å². The van der Waals surface area contributed by atoms with Crippen LogP contribution in [0, 0.1) is 0 Å².